The molecule has 1 N–H and O–H groups in total. The minimum atomic E-state index is 0.694. The van der Waals surface area contributed by atoms with Gasteiger partial charge in [0.1, 0.15) is 5.75 Å². The fourth-order valence-corrected chi connectivity index (χ4v) is 2.80. The Kier molecular flexibility index (Phi) is 5.23. The molecule has 4 heteroatoms. The van der Waals surface area contributed by atoms with Crippen molar-refractivity contribution in [1.29, 1.82) is 0 Å². The molecule has 96 valence electrons. The van der Waals surface area contributed by atoms with Gasteiger partial charge in [0.05, 0.1) is 6.61 Å². The Labute approximate surface area is 120 Å². The standard InChI is InChI=1S/C14H16BrNOS/c1-2-17-14-6-5-12(15)8-11(14)9-16-10-13-4-3-7-18-13/h3-8,16H,2,9-10H2,1H3. The molecule has 2 aromatic rings. The molecule has 0 aliphatic heterocycles. The van der Waals surface area contributed by atoms with E-state index < -0.39 is 0 Å². The summed E-state index contributed by atoms with van der Waals surface area (Å²) in [6, 6.07) is 10.3. The van der Waals surface area contributed by atoms with E-state index >= 15 is 0 Å². The summed E-state index contributed by atoms with van der Waals surface area (Å²) in [5.41, 5.74) is 1.18. The molecule has 0 bridgehead atoms. The van der Waals surface area contributed by atoms with Crippen LogP contribution in [0.3, 0.4) is 0 Å². The summed E-state index contributed by atoms with van der Waals surface area (Å²) in [7, 11) is 0. The van der Waals surface area contributed by atoms with Crippen molar-refractivity contribution in [3.05, 3.63) is 50.6 Å². The molecule has 0 amide bonds. The number of hydrogen-bond donors (Lipinski definition) is 1. The molecule has 0 fully saturated rings. The van der Waals surface area contributed by atoms with Gasteiger partial charge < -0.3 is 10.1 Å². The molecule has 1 heterocycles. The van der Waals surface area contributed by atoms with Crippen molar-refractivity contribution in [2.24, 2.45) is 0 Å². The SMILES string of the molecule is CCOc1ccc(Br)cc1CNCc1cccs1. The predicted molar refractivity (Wildman–Crippen MR) is 80.2 cm³/mol. The van der Waals surface area contributed by atoms with Gasteiger partial charge in [0.2, 0.25) is 0 Å². The number of hydrogen-bond acceptors (Lipinski definition) is 3. The molecular weight excluding hydrogens is 310 g/mol. The van der Waals surface area contributed by atoms with Crippen molar-refractivity contribution < 1.29 is 4.74 Å². The monoisotopic (exact) mass is 325 g/mol. The summed E-state index contributed by atoms with van der Waals surface area (Å²) in [5.74, 6) is 0.958. The third kappa shape index (κ3) is 3.83. The maximum Gasteiger partial charge on any atom is 0.123 e. The zero-order chi connectivity index (χ0) is 12.8. The maximum atomic E-state index is 5.62. The molecule has 0 aliphatic rings. The highest BCUT2D eigenvalue weighted by Crippen LogP contribution is 2.23. The first-order valence-corrected chi connectivity index (χ1v) is 7.61. The van der Waals surface area contributed by atoms with Crippen LogP contribution in [0.4, 0.5) is 0 Å². The Bertz CT molecular complexity index is 485. The molecular formula is C14H16BrNOS. The van der Waals surface area contributed by atoms with Crippen LogP contribution < -0.4 is 10.1 Å². The van der Waals surface area contributed by atoms with Crippen LogP contribution in [-0.4, -0.2) is 6.61 Å². The van der Waals surface area contributed by atoms with Crippen LogP contribution in [0.15, 0.2) is 40.2 Å². The Morgan fingerprint density at radius 3 is 2.89 bits per heavy atom. The number of benzene rings is 1. The van der Waals surface area contributed by atoms with Gasteiger partial charge >= 0.3 is 0 Å². The topological polar surface area (TPSA) is 21.3 Å². The molecule has 0 spiro atoms. The van der Waals surface area contributed by atoms with Crippen LogP contribution in [0, 0.1) is 0 Å². The van der Waals surface area contributed by atoms with Gasteiger partial charge in [-0.2, -0.15) is 0 Å². The Hall–Kier alpha value is -0.840. The average Bonchev–Trinajstić information content (AvgIpc) is 2.86. The van der Waals surface area contributed by atoms with Crippen LogP contribution in [0.25, 0.3) is 0 Å². The van der Waals surface area contributed by atoms with Crippen LogP contribution >= 0.6 is 27.3 Å². The first kappa shape index (κ1) is 13.6. The van der Waals surface area contributed by atoms with Gasteiger partial charge in [0.15, 0.2) is 0 Å². The molecule has 1 aromatic heterocycles. The molecule has 0 radical (unpaired) electrons. The first-order chi connectivity index (χ1) is 8.79. The average molecular weight is 326 g/mol. The van der Waals surface area contributed by atoms with Crippen molar-refractivity contribution in [3.8, 4) is 5.75 Å². The van der Waals surface area contributed by atoms with Crippen molar-refractivity contribution in [2.45, 2.75) is 20.0 Å². The minimum Gasteiger partial charge on any atom is -0.494 e. The Morgan fingerprint density at radius 1 is 1.28 bits per heavy atom. The zero-order valence-electron chi connectivity index (χ0n) is 10.3. The normalized spacial score (nSPS) is 10.6. The van der Waals surface area contributed by atoms with Crippen molar-refractivity contribution in [2.75, 3.05) is 6.61 Å². The summed E-state index contributed by atoms with van der Waals surface area (Å²) in [6.45, 7) is 4.41. The lowest BCUT2D eigenvalue weighted by atomic mass is 10.2. The van der Waals surface area contributed by atoms with E-state index in [1.54, 1.807) is 11.3 Å². The highest BCUT2D eigenvalue weighted by Gasteiger charge is 2.04. The van der Waals surface area contributed by atoms with E-state index in [1.165, 1.54) is 10.4 Å². The van der Waals surface area contributed by atoms with Gasteiger partial charge in [-0.25, -0.2) is 0 Å². The second kappa shape index (κ2) is 6.92. The quantitative estimate of drug-likeness (QED) is 0.859. The molecule has 0 aliphatic carbocycles. The molecule has 1 aromatic carbocycles. The van der Waals surface area contributed by atoms with Gasteiger partial charge in [0.25, 0.3) is 0 Å². The van der Waals surface area contributed by atoms with E-state index in [-0.39, 0.29) is 0 Å². The highest BCUT2D eigenvalue weighted by atomic mass is 79.9. The van der Waals surface area contributed by atoms with E-state index in [4.69, 9.17) is 4.74 Å². The predicted octanol–water partition coefficient (Wildman–Crippen LogP) is 4.20. The number of halogens is 1. The van der Waals surface area contributed by atoms with Crippen molar-refractivity contribution >= 4 is 27.3 Å². The molecule has 2 nitrogen and oxygen atoms in total. The van der Waals surface area contributed by atoms with Gasteiger partial charge in [-0.3, -0.25) is 0 Å². The molecule has 18 heavy (non-hydrogen) atoms. The van der Waals surface area contributed by atoms with Gasteiger partial charge in [-0.05, 0) is 36.6 Å². The molecule has 0 unspecified atom stereocenters. The summed E-state index contributed by atoms with van der Waals surface area (Å²) >= 11 is 5.27. The third-order valence-electron chi connectivity index (χ3n) is 2.52. The van der Waals surface area contributed by atoms with E-state index in [9.17, 15) is 0 Å². The second-order valence-corrected chi connectivity index (χ2v) is 5.82. The van der Waals surface area contributed by atoms with E-state index in [0.717, 1.165) is 23.3 Å². The van der Waals surface area contributed by atoms with Gasteiger partial charge in [-0.1, -0.05) is 22.0 Å². The lowest BCUT2D eigenvalue weighted by molar-refractivity contribution is 0.335. The largest absolute Gasteiger partial charge is 0.494 e. The lowest BCUT2D eigenvalue weighted by Gasteiger charge is -2.11. The molecule has 0 saturated carbocycles. The van der Waals surface area contributed by atoms with Crippen molar-refractivity contribution in [1.82, 2.24) is 5.32 Å². The number of nitrogens with one attached hydrogen (secondary N) is 1. The van der Waals surface area contributed by atoms with Crippen molar-refractivity contribution in [3.63, 3.8) is 0 Å². The maximum absolute atomic E-state index is 5.62. The number of ether oxygens (including phenoxy) is 1. The fraction of sp³-hybridized carbons (Fsp3) is 0.286. The summed E-state index contributed by atoms with van der Waals surface area (Å²) in [5, 5.41) is 5.54. The van der Waals surface area contributed by atoms with Crippen LogP contribution in [0.5, 0.6) is 5.75 Å². The summed E-state index contributed by atoms with van der Waals surface area (Å²) in [6.07, 6.45) is 0. The summed E-state index contributed by atoms with van der Waals surface area (Å²) < 4.78 is 6.70. The molecule has 0 saturated heterocycles. The summed E-state index contributed by atoms with van der Waals surface area (Å²) in [4.78, 5) is 1.35. The molecule has 0 atom stereocenters. The van der Waals surface area contributed by atoms with Gasteiger partial charge in [-0.15, -0.1) is 11.3 Å². The fourth-order valence-electron chi connectivity index (χ4n) is 1.72. The van der Waals surface area contributed by atoms with E-state index in [2.05, 4.69) is 44.8 Å². The Morgan fingerprint density at radius 2 is 2.17 bits per heavy atom. The number of thiophene rings is 1. The zero-order valence-corrected chi connectivity index (χ0v) is 12.7. The lowest BCUT2D eigenvalue weighted by Crippen LogP contribution is -2.13. The molecule has 2 rings (SSSR count). The van der Waals surface area contributed by atoms with Crippen LogP contribution in [-0.2, 0) is 13.1 Å². The van der Waals surface area contributed by atoms with Crippen LogP contribution in [0.2, 0.25) is 0 Å². The van der Waals surface area contributed by atoms with E-state index in [1.807, 2.05) is 19.1 Å². The minimum absolute atomic E-state index is 0.694. The van der Waals surface area contributed by atoms with E-state index in [0.29, 0.717) is 6.61 Å². The Balaban J connectivity index is 1.96. The van der Waals surface area contributed by atoms with Gasteiger partial charge in [0, 0.05) is 28.0 Å². The third-order valence-corrected chi connectivity index (χ3v) is 3.89. The first-order valence-electron chi connectivity index (χ1n) is 5.94. The second-order valence-electron chi connectivity index (χ2n) is 3.87. The smallest absolute Gasteiger partial charge is 0.123 e. The van der Waals surface area contributed by atoms with Crippen LogP contribution in [0.1, 0.15) is 17.4 Å². The highest BCUT2D eigenvalue weighted by molar-refractivity contribution is 9.10. The number of rotatable bonds is 6.